The number of hydrogen-bond acceptors (Lipinski definition) is 3. The molecule has 0 aliphatic carbocycles. The van der Waals surface area contributed by atoms with E-state index in [-0.39, 0.29) is 37.0 Å². The van der Waals surface area contributed by atoms with Crippen LogP contribution >= 0.6 is 0 Å². The molecule has 2 heterocycles. The lowest BCUT2D eigenvalue weighted by atomic mass is 9.94. The summed E-state index contributed by atoms with van der Waals surface area (Å²) in [6.07, 6.45) is 1.97. The van der Waals surface area contributed by atoms with Crippen LogP contribution in [0.2, 0.25) is 0 Å². The van der Waals surface area contributed by atoms with Crippen LogP contribution < -0.4 is 5.32 Å². The molecule has 1 saturated heterocycles. The molecule has 3 atom stereocenters. The van der Waals surface area contributed by atoms with Crippen LogP contribution in [0, 0.1) is 5.82 Å². The minimum absolute atomic E-state index is 0.0215. The Labute approximate surface area is 203 Å². The highest BCUT2D eigenvalue weighted by molar-refractivity contribution is 5.89. The lowest BCUT2D eigenvalue weighted by Crippen LogP contribution is -2.47. The summed E-state index contributed by atoms with van der Waals surface area (Å²) in [5.74, 6) is -1.12. The molecule has 1 aliphatic heterocycles. The Bertz CT molecular complexity index is 1190. The molecule has 3 unspecified atom stereocenters. The molecular weight excluding hydrogens is 450 g/mol. The highest BCUT2D eigenvalue weighted by atomic mass is 19.1. The Kier molecular flexibility index (Phi) is 7.28. The van der Waals surface area contributed by atoms with Gasteiger partial charge in [0, 0.05) is 19.7 Å². The first-order chi connectivity index (χ1) is 16.7. The van der Waals surface area contributed by atoms with Crippen LogP contribution in [0.25, 0.3) is 0 Å². The Morgan fingerprint density at radius 2 is 1.89 bits per heavy atom. The number of nitrogens with zero attached hydrogens (tertiary/aromatic N) is 3. The second-order valence-corrected chi connectivity index (χ2v) is 9.38. The molecule has 8 heteroatoms. The van der Waals surface area contributed by atoms with Gasteiger partial charge >= 0.3 is 0 Å². The molecule has 4 rings (SSSR count). The maximum absolute atomic E-state index is 14.8. The maximum Gasteiger partial charge on any atom is 0.243 e. The first kappa shape index (κ1) is 24.6. The van der Waals surface area contributed by atoms with Gasteiger partial charge in [-0.25, -0.2) is 8.78 Å². The number of benzene rings is 2. The molecule has 0 bridgehead atoms. The van der Waals surface area contributed by atoms with Gasteiger partial charge in [-0.15, -0.1) is 0 Å². The quantitative estimate of drug-likeness (QED) is 0.554. The smallest absolute Gasteiger partial charge is 0.243 e. The summed E-state index contributed by atoms with van der Waals surface area (Å²) in [6.45, 7) is 3.70. The van der Waals surface area contributed by atoms with Crippen LogP contribution in [-0.4, -0.2) is 45.3 Å². The average molecular weight is 481 g/mol. The first-order valence-electron chi connectivity index (χ1n) is 11.8. The van der Waals surface area contributed by atoms with Crippen molar-refractivity contribution in [3.05, 3.63) is 89.0 Å². The zero-order valence-corrected chi connectivity index (χ0v) is 20.1. The summed E-state index contributed by atoms with van der Waals surface area (Å²) in [7, 11) is 1.75. The SMILES string of the molecule is CC(C)c1ccc(C(NC(=O)C2CC(F)CN2C(=O)Cc2cnn(C)c2)c2ccccc2)cc1F. The van der Waals surface area contributed by atoms with Crippen molar-refractivity contribution < 1.29 is 18.4 Å². The van der Waals surface area contributed by atoms with Crippen LogP contribution in [0.4, 0.5) is 8.78 Å². The third-order valence-electron chi connectivity index (χ3n) is 6.39. The van der Waals surface area contributed by atoms with Crippen molar-refractivity contribution in [2.75, 3.05) is 6.54 Å². The van der Waals surface area contributed by atoms with Gasteiger partial charge in [0.2, 0.25) is 11.8 Å². The van der Waals surface area contributed by atoms with Gasteiger partial charge < -0.3 is 10.2 Å². The molecule has 2 amide bonds. The van der Waals surface area contributed by atoms with Crippen LogP contribution in [0.3, 0.4) is 0 Å². The lowest BCUT2D eigenvalue weighted by molar-refractivity contribution is -0.138. The fraction of sp³-hybridized carbons (Fsp3) is 0.370. The minimum Gasteiger partial charge on any atom is -0.343 e. The fourth-order valence-electron chi connectivity index (χ4n) is 4.58. The van der Waals surface area contributed by atoms with Crippen molar-refractivity contribution in [2.24, 2.45) is 7.05 Å². The van der Waals surface area contributed by atoms with E-state index in [2.05, 4.69) is 10.4 Å². The molecule has 1 aliphatic rings. The molecule has 3 aromatic rings. The number of carbonyl (C=O) groups is 2. The largest absolute Gasteiger partial charge is 0.343 e. The topological polar surface area (TPSA) is 67.2 Å². The highest BCUT2D eigenvalue weighted by Crippen LogP contribution is 2.28. The summed E-state index contributed by atoms with van der Waals surface area (Å²) in [5, 5.41) is 7.02. The molecule has 1 fully saturated rings. The lowest BCUT2D eigenvalue weighted by Gasteiger charge is -2.27. The number of halogens is 2. The van der Waals surface area contributed by atoms with E-state index in [1.807, 2.05) is 44.2 Å². The number of carbonyl (C=O) groups excluding carboxylic acids is 2. The van der Waals surface area contributed by atoms with E-state index < -0.39 is 24.2 Å². The van der Waals surface area contributed by atoms with Gasteiger partial charge in [-0.2, -0.15) is 5.10 Å². The molecule has 0 saturated carbocycles. The van der Waals surface area contributed by atoms with Crippen molar-refractivity contribution in [3.8, 4) is 0 Å². The molecule has 0 spiro atoms. The predicted molar refractivity (Wildman–Crippen MR) is 129 cm³/mol. The number of nitrogens with one attached hydrogen (secondary N) is 1. The van der Waals surface area contributed by atoms with Crippen molar-refractivity contribution in [2.45, 2.75) is 50.9 Å². The van der Waals surface area contributed by atoms with Gasteiger partial charge in [-0.1, -0.05) is 56.3 Å². The second kappa shape index (κ2) is 10.4. The molecule has 35 heavy (non-hydrogen) atoms. The van der Waals surface area contributed by atoms with E-state index in [9.17, 15) is 18.4 Å². The van der Waals surface area contributed by atoms with E-state index in [0.717, 1.165) is 5.56 Å². The summed E-state index contributed by atoms with van der Waals surface area (Å²) in [6, 6.07) is 12.6. The summed E-state index contributed by atoms with van der Waals surface area (Å²) < 4.78 is 30.8. The van der Waals surface area contributed by atoms with Crippen molar-refractivity contribution in [1.82, 2.24) is 20.0 Å². The van der Waals surface area contributed by atoms with Gasteiger partial charge in [-0.3, -0.25) is 14.3 Å². The van der Waals surface area contributed by atoms with Gasteiger partial charge in [0.25, 0.3) is 0 Å². The van der Waals surface area contributed by atoms with E-state index in [0.29, 0.717) is 16.7 Å². The van der Waals surface area contributed by atoms with E-state index >= 15 is 0 Å². The molecule has 6 nitrogen and oxygen atoms in total. The van der Waals surface area contributed by atoms with Gasteiger partial charge in [0.05, 0.1) is 25.2 Å². The fourth-order valence-corrected chi connectivity index (χ4v) is 4.58. The molecular formula is C27H30F2N4O2. The molecule has 0 radical (unpaired) electrons. The number of hydrogen-bond donors (Lipinski definition) is 1. The first-order valence-corrected chi connectivity index (χ1v) is 11.8. The zero-order chi connectivity index (χ0) is 25.1. The number of rotatable bonds is 7. The van der Waals surface area contributed by atoms with Crippen molar-refractivity contribution in [3.63, 3.8) is 0 Å². The Morgan fingerprint density at radius 1 is 1.14 bits per heavy atom. The van der Waals surface area contributed by atoms with Gasteiger partial charge in [0.1, 0.15) is 18.0 Å². The number of likely N-dealkylation sites (tertiary alicyclic amines) is 1. The van der Waals surface area contributed by atoms with Crippen LogP contribution in [0.5, 0.6) is 0 Å². The Hall–Kier alpha value is -3.55. The normalized spacial score (nSPS) is 18.6. The monoisotopic (exact) mass is 480 g/mol. The van der Waals surface area contributed by atoms with Crippen molar-refractivity contribution >= 4 is 11.8 Å². The van der Waals surface area contributed by atoms with Crippen LogP contribution in [-0.2, 0) is 23.1 Å². The van der Waals surface area contributed by atoms with E-state index in [1.165, 1.54) is 11.0 Å². The molecule has 2 aromatic carbocycles. The molecule has 184 valence electrons. The summed E-state index contributed by atoms with van der Waals surface area (Å²) in [5.41, 5.74) is 2.63. The summed E-state index contributed by atoms with van der Waals surface area (Å²) >= 11 is 0. The molecule has 1 aromatic heterocycles. The number of amides is 2. The number of aromatic nitrogens is 2. The Morgan fingerprint density at radius 3 is 2.51 bits per heavy atom. The average Bonchev–Trinajstić information content (AvgIpc) is 3.42. The third kappa shape index (κ3) is 5.58. The van der Waals surface area contributed by atoms with E-state index in [1.54, 1.807) is 36.3 Å². The van der Waals surface area contributed by atoms with Crippen LogP contribution in [0.15, 0.2) is 60.9 Å². The van der Waals surface area contributed by atoms with E-state index in [4.69, 9.17) is 0 Å². The maximum atomic E-state index is 14.8. The third-order valence-corrected chi connectivity index (χ3v) is 6.39. The number of aryl methyl sites for hydroxylation is 1. The van der Waals surface area contributed by atoms with Crippen molar-refractivity contribution in [1.29, 1.82) is 0 Å². The summed E-state index contributed by atoms with van der Waals surface area (Å²) in [4.78, 5) is 27.6. The zero-order valence-electron chi connectivity index (χ0n) is 20.1. The highest BCUT2D eigenvalue weighted by Gasteiger charge is 2.40. The predicted octanol–water partition coefficient (Wildman–Crippen LogP) is 4.07. The van der Waals surface area contributed by atoms with Crippen LogP contribution in [0.1, 0.15) is 54.5 Å². The Balaban J connectivity index is 1.58. The number of alkyl halides is 1. The van der Waals surface area contributed by atoms with Gasteiger partial charge in [0.15, 0.2) is 0 Å². The second-order valence-electron chi connectivity index (χ2n) is 9.38. The standard InChI is InChI=1S/C27H30F2N4O2/c1-17(2)22-10-9-20(12-23(22)29)26(19-7-5-4-6-8-19)31-27(35)24-13-21(28)16-33(24)25(34)11-18-14-30-32(3)15-18/h4-10,12,14-15,17,21,24,26H,11,13,16H2,1-3H3,(H,31,35). The minimum atomic E-state index is -1.29. The molecule has 1 N–H and O–H groups in total. The van der Waals surface area contributed by atoms with Gasteiger partial charge in [-0.05, 0) is 34.2 Å².